The van der Waals surface area contributed by atoms with Gasteiger partial charge < -0.3 is 19.1 Å². The van der Waals surface area contributed by atoms with E-state index in [-0.39, 0.29) is 0 Å². The Balaban J connectivity index is 1.16. The van der Waals surface area contributed by atoms with Crippen molar-refractivity contribution >= 4 is 11.5 Å². The van der Waals surface area contributed by atoms with Crippen molar-refractivity contribution < 1.29 is 14.2 Å². The molecule has 0 N–H and O–H groups in total. The van der Waals surface area contributed by atoms with Gasteiger partial charge in [0.05, 0.1) is 12.8 Å². The van der Waals surface area contributed by atoms with Crippen LogP contribution in [0, 0.1) is 0 Å². The molecule has 2 aromatic heterocycles. The number of hydrogen-bond acceptors (Lipinski definition) is 7. The Kier molecular flexibility index (Phi) is 5.61. The standard InChI is InChI=1S/C29H31N5O3/c1-35-22-9-7-21(8-10-22)25-17-28-30-24-5-3-2-4-23(24)29(34(28)31-25)33-14-12-32(13-15-33)18-20-6-11-26-27(16-20)37-19-36-26/h6-11,16-17H,2-5,12-15,18-19H2,1H3. The number of anilines is 1. The summed E-state index contributed by atoms with van der Waals surface area (Å²) in [5.41, 5.74) is 6.84. The predicted molar refractivity (Wildman–Crippen MR) is 142 cm³/mol. The van der Waals surface area contributed by atoms with E-state index in [1.807, 2.05) is 18.2 Å². The van der Waals surface area contributed by atoms with Crippen molar-refractivity contribution in [3.05, 3.63) is 65.4 Å². The van der Waals surface area contributed by atoms with Gasteiger partial charge in [0.1, 0.15) is 11.6 Å². The Morgan fingerprint density at radius 2 is 1.70 bits per heavy atom. The lowest BCUT2D eigenvalue weighted by molar-refractivity contribution is 0.174. The zero-order valence-electron chi connectivity index (χ0n) is 21.2. The molecule has 7 rings (SSSR count). The van der Waals surface area contributed by atoms with Gasteiger partial charge in [-0.05, 0) is 67.6 Å². The molecule has 3 aliphatic rings. The Morgan fingerprint density at radius 3 is 2.54 bits per heavy atom. The van der Waals surface area contributed by atoms with Gasteiger partial charge in [0.15, 0.2) is 17.1 Å². The Bertz CT molecular complexity index is 1440. The van der Waals surface area contributed by atoms with E-state index in [1.54, 1.807) is 7.11 Å². The first-order chi connectivity index (χ1) is 18.2. The second kappa shape index (κ2) is 9.27. The molecule has 2 aromatic carbocycles. The molecule has 0 amide bonds. The van der Waals surface area contributed by atoms with Crippen molar-refractivity contribution in [2.45, 2.75) is 32.2 Å². The van der Waals surface area contributed by atoms with Crippen LogP contribution in [-0.2, 0) is 19.4 Å². The molecule has 1 saturated heterocycles. The molecule has 190 valence electrons. The van der Waals surface area contributed by atoms with Gasteiger partial charge in [-0.3, -0.25) is 4.90 Å². The van der Waals surface area contributed by atoms with Crippen molar-refractivity contribution in [1.82, 2.24) is 19.5 Å². The van der Waals surface area contributed by atoms with Crippen LogP contribution in [-0.4, -0.2) is 59.6 Å². The van der Waals surface area contributed by atoms with Gasteiger partial charge in [0.25, 0.3) is 0 Å². The normalized spacial score (nSPS) is 17.3. The molecule has 0 radical (unpaired) electrons. The molecule has 8 nitrogen and oxygen atoms in total. The van der Waals surface area contributed by atoms with Gasteiger partial charge >= 0.3 is 0 Å². The average molecular weight is 498 g/mol. The maximum absolute atomic E-state index is 5.57. The lowest BCUT2D eigenvalue weighted by atomic mass is 9.96. The van der Waals surface area contributed by atoms with Gasteiger partial charge in [0, 0.05) is 55.6 Å². The zero-order chi connectivity index (χ0) is 24.8. The SMILES string of the molecule is COc1ccc(-c2cc3nc4c(c(N5CCN(Cc6ccc7c(c6)OCO7)CC5)n3n2)CCCC4)cc1. The topological polar surface area (TPSA) is 64.4 Å². The van der Waals surface area contributed by atoms with Crippen LogP contribution in [0.25, 0.3) is 16.9 Å². The highest BCUT2D eigenvalue weighted by atomic mass is 16.7. The van der Waals surface area contributed by atoms with E-state index in [0.29, 0.717) is 6.79 Å². The van der Waals surface area contributed by atoms with Crippen molar-refractivity contribution in [2.75, 3.05) is 45.0 Å². The maximum Gasteiger partial charge on any atom is 0.231 e. The number of piperazine rings is 1. The minimum atomic E-state index is 0.315. The van der Waals surface area contributed by atoms with Gasteiger partial charge in [-0.1, -0.05) is 6.07 Å². The van der Waals surface area contributed by atoms with Gasteiger partial charge in [0.2, 0.25) is 6.79 Å². The third-order valence-corrected chi connectivity index (χ3v) is 7.75. The largest absolute Gasteiger partial charge is 0.497 e. The molecule has 0 unspecified atom stereocenters. The van der Waals surface area contributed by atoms with Crippen molar-refractivity contribution in [3.63, 3.8) is 0 Å². The molecule has 4 aromatic rings. The molecule has 2 aliphatic heterocycles. The maximum atomic E-state index is 5.57. The highest BCUT2D eigenvalue weighted by Gasteiger charge is 2.27. The first kappa shape index (κ1) is 22.4. The first-order valence-corrected chi connectivity index (χ1v) is 13.2. The summed E-state index contributed by atoms with van der Waals surface area (Å²) in [7, 11) is 1.69. The van der Waals surface area contributed by atoms with E-state index in [1.165, 1.54) is 35.5 Å². The third-order valence-electron chi connectivity index (χ3n) is 7.75. The summed E-state index contributed by atoms with van der Waals surface area (Å²) in [4.78, 5) is 10.1. The molecule has 4 heterocycles. The molecule has 0 saturated carbocycles. The van der Waals surface area contributed by atoms with E-state index in [2.05, 4.69) is 44.6 Å². The van der Waals surface area contributed by atoms with E-state index >= 15 is 0 Å². The second-order valence-electron chi connectivity index (χ2n) is 10.0. The Morgan fingerprint density at radius 1 is 0.892 bits per heavy atom. The fourth-order valence-corrected chi connectivity index (χ4v) is 5.77. The van der Waals surface area contributed by atoms with Crippen LogP contribution in [0.5, 0.6) is 17.2 Å². The molecule has 8 heteroatoms. The number of aromatic nitrogens is 3. The summed E-state index contributed by atoms with van der Waals surface area (Å²) in [6.45, 7) is 5.16. The van der Waals surface area contributed by atoms with E-state index < -0.39 is 0 Å². The minimum absolute atomic E-state index is 0.315. The van der Waals surface area contributed by atoms with Crippen LogP contribution in [0.3, 0.4) is 0 Å². The molecule has 0 spiro atoms. The Hall–Kier alpha value is -3.78. The summed E-state index contributed by atoms with van der Waals surface area (Å²) < 4.78 is 18.5. The van der Waals surface area contributed by atoms with Crippen molar-refractivity contribution in [3.8, 4) is 28.5 Å². The number of rotatable bonds is 5. The second-order valence-corrected chi connectivity index (χ2v) is 10.0. The number of ether oxygens (including phenoxy) is 3. The van der Waals surface area contributed by atoms with Crippen LogP contribution in [0.4, 0.5) is 5.82 Å². The number of nitrogens with zero attached hydrogens (tertiary/aromatic N) is 5. The van der Waals surface area contributed by atoms with Crippen LogP contribution in [0.1, 0.15) is 29.7 Å². The minimum Gasteiger partial charge on any atom is -0.497 e. The number of aryl methyl sites for hydroxylation is 1. The van der Waals surface area contributed by atoms with Crippen molar-refractivity contribution in [1.29, 1.82) is 0 Å². The van der Waals surface area contributed by atoms with Crippen LogP contribution in [0.2, 0.25) is 0 Å². The van der Waals surface area contributed by atoms with Crippen LogP contribution >= 0.6 is 0 Å². The fourth-order valence-electron chi connectivity index (χ4n) is 5.77. The quantitative estimate of drug-likeness (QED) is 0.407. The summed E-state index contributed by atoms with van der Waals surface area (Å²) in [6.07, 6.45) is 4.54. The summed E-state index contributed by atoms with van der Waals surface area (Å²) >= 11 is 0. The fraction of sp³-hybridized carbons (Fsp3) is 0.379. The molecule has 0 bridgehead atoms. The lowest BCUT2D eigenvalue weighted by Crippen LogP contribution is -2.47. The molecule has 37 heavy (non-hydrogen) atoms. The lowest BCUT2D eigenvalue weighted by Gasteiger charge is -2.37. The van der Waals surface area contributed by atoms with Gasteiger partial charge in [-0.2, -0.15) is 9.61 Å². The zero-order valence-corrected chi connectivity index (χ0v) is 21.2. The number of benzene rings is 2. The predicted octanol–water partition coefficient (Wildman–Crippen LogP) is 4.33. The number of methoxy groups -OCH3 is 1. The average Bonchev–Trinajstić information content (AvgIpc) is 3.59. The van der Waals surface area contributed by atoms with Gasteiger partial charge in [-0.15, -0.1) is 0 Å². The first-order valence-electron chi connectivity index (χ1n) is 13.2. The number of fused-ring (bicyclic) bond motifs is 3. The van der Waals surface area contributed by atoms with E-state index in [9.17, 15) is 0 Å². The molecular weight excluding hydrogens is 466 g/mol. The highest BCUT2D eigenvalue weighted by Crippen LogP contribution is 2.34. The monoisotopic (exact) mass is 497 g/mol. The van der Waals surface area contributed by atoms with Crippen molar-refractivity contribution in [2.24, 2.45) is 0 Å². The summed E-state index contributed by atoms with van der Waals surface area (Å²) in [5.74, 6) is 3.78. The summed E-state index contributed by atoms with van der Waals surface area (Å²) in [6, 6.07) is 16.5. The smallest absolute Gasteiger partial charge is 0.231 e. The van der Waals surface area contributed by atoms with Crippen LogP contribution in [0.15, 0.2) is 48.5 Å². The highest BCUT2D eigenvalue weighted by molar-refractivity contribution is 5.68. The molecule has 1 fully saturated rings. The van der Waals surface area contributed by atoms with E-state index in [4.69, 9.17) is 24.3 Å². The van der Waals surface area contributed by atoms with Crippen LogP contribution < -0.4 is 19.1 Å². The number of hydrogen-bond donors (Lipinski definition) is 0. The molecule has 1 aliphatic carbocycles. The Labute approximate surface area is 216 Å². The molecule has 0 atom stereocenters. The molecular formula is C29H31N5O3. The van der Waals surface area contributed by atoms with E-state index in [0.717, 1.165) is 79.7 Å². The third kappa shape index (κ3) is 4.15. The summed E-state index contributed by atoms with van der Waals surface area (Å²) in [5, 5.41) is 5.07. The van der Waals surface area contributed by atoms with Gasteiger partial charge in [-0.25, -0.2) is 4.98 Å².